The summed E-state index contributed by atoms with van der Waals surface area (Å²) in [5.74, 6) is -0.118. The third-order valence-electron chi connectivity index (χ3n) is 4.81. The number of benzene rings is 3. The molecule has 3 aromatic rings. The van der Waals surface area contributed by atoms with Crippen LogP contribution in [0.1, 0.15) is 13.3 Å². The summed E-state index contributed by atoms with van der Waals surface area (Å²) in [7, 11) is -2.32. The zero-order valence-corrected chi connectivity index (χ0v) is 18.2. The van der Waals surface area contributed by atoms with Crippen LogP contribution in [0.3, 0.4) is 0 Å². The van der Waals surface area contributed by atoms with E-state index in [9.17, 15) is 4.79 Å². The number of carbonyl (C=O) groups is 1. The number of halogens is 1. The van der Waals surface area contributed by atoms with Crippen molar-refractivity contribution in [2.45, 2.75) is 13.3 Å². The molecule has 0 saturated heterocycles. The Bertz CT molecular complexity index is 726. The summed E-state index contributed by atoms with van der Waals surface area (Å²) in [4.78, 5) is 12.2. The predicted molar refractivity (Wildman–Crippen MR) is 123 cm³/mol. The van der Waals surface area contributed by atoms with E-state index in [4.69, 9.17) is 4.74 Å². The van der Waals surface area contributed by atoms with Crippen molar-refractivity contribution in [1.82, 2.24) is 0 Å². The number of ether oxygens (including phenoxy) is 1. The fourth-order valence-corrected chi connectivity index (χ4v) is 8.35. The quantitative estimate of drug-likeness (QED) is 0.402. The van der Waals surface area contributed by atoms with Crippen LogP contribution in [-0.2, 0) is 9.53 Å². The normalized spacial score (nSPS) is 11.3. The van der Waals surface area contributed by atoms with Gasteiger partial charge in [0.15, 0.2) is 0 Å². The van der Waals surface area contributed by atoms with E-state index in [2.05, 4.69) is 72.8 Å². The fourth-order valence-electron chi connectivity index (χ4n) is 3.62. The maximum atomic E-state index is 12.2. The summed E-state index contributed by atoms with van der Waals surface area (Å²) < 4.78 is 5.23. The number of hydrogen-bond donors (Lipinski definition) is 0. The van der Waals surface area contributed by atoms with Crippen LogP contribution in [0.25, 0.3) is 0 Å². The molecule has 0 aliphatic carbocycles. The molecule has 0 bridgehead atoms. The van der Waals surface area contributed by atoms with Gasteiger partial charge in [0, 0.05) is 0 Å². The Morgan fingerprint density at radius 2 is 1.11 bits per heavy atom. The predicted octanol–water partition coefficient (Wildman–Crippen LogP) is 4.24. The molecule has 0 radical (unpaired) electrons. The SMILES string of the molecule is Br.CCOC(=O)CC[PH](c1ccccc1)(c1ccccc1)c1ccccc1. The van der Waals surface area contributed by atoms with Gasteiger partial charge in [-0.05, 0) is 0 Å². The van der Waals surface area contributed by atoms with Crippen molar-refractivity contribution in [1.29, 1.82) is 0 Å². The van der Waals surface area contributed by atoms with Gasteiger partial charge in [-0.2, -0.15) is 0 Å². The van der Waals surface area contributed by atoms with Gasteiger partial charge in [-0.25, -0.2) is 0 Å². The first-order valence-electron chi connectivity index (χ1n) is 9.09. The first kappa shape index (κ1) is 21.3. The van der Waals surface area contributed by atoms with E-state index in [0.717, 1.165) is 6.16 Å². The fraction of sp³-hybridized carbons (Fsp3) is 0.174. The zero-order valence-electron chi connectivity index (χ0n) is 15.5. The molecule has 0 fully saturated rings. The van der Waals surface area contributed by atoms with E-state index < -0.39 is 7.26 Å². The standard InChI is InChI=1S/C23H25O2P.BrH/c1-2-25-23(24)18-19-26(20-12-6-3-7-13-20,21-14-8-4-9-15-21)22-16-10-5-11-17-22;/h3-17,26H,2,18-19H2,1H3;1H. The van der Waals surface area contributed by atoms with Crippen molar-refractivity contribution < 1.29 is 9.53 Å². The number of carbonyl (C=O) groups excluding carboxylic acids is 1. The first-order valence-corrected chi connectivity index (χ1v) is 11.3. The maximum absolute atomic E-state index is 12.2. The summed E-state index contributed by atoms with van der Waals surface area (Å²) in [6.45, 7) is 2.28. The van der Waals surface area contributed by atoms with Crippen molar-refractivity contribution in [3.63, 3.8) is 0 Å². The van der Waals surface area contributed by atoms with E-state index in [-0.39, 0.29) is 23.0 Å². The van der Waals surface area contributed by atoms with Crippen LogP contribution in [0, 0.1) is 0 Å². The van der Waals surface area contributed by atoms with E-state index in [1.165, 1.54) is 15.9 Å². The minimum atomic E-state index is -2.32. The first-order chi connectivity index (χ1) is 12.8. The van der Waals surface area contributed by atoms with Gasteiger partial charge < -0.3 is 0 Å². The summed E-state index contributed by atoms with van der Waals surface area (Å²) in [5.41, 5.74) is 0. The molecule has 27 heavy (non-hydrogen) atoms. The van der Waals surface area contributed by atoms with Crippen molar-refractivity contribution in [3.8, 4) is 0 Å². The van der Waals surface area contributed by atoms with Crippen LogP contribution in [0.5, 0.6) is 0 Å². The van der Waals surface area contributed by atoms with E-state index in [1.54, 1.807) is 0 Å². The van der Waals surface area contributed by atoms with Crippen molar-refractivity contribution >= 4 is 46.1 Å². The Morgan fingerprint density at radius 1 is 0.741 bits per heavy atom. The zero-order chi connectivity index (χ0) is 18.2. The molecular weight excluding hydrogens is 419 g/mol. The summed E-state index contributed by atoms with van der Waals surface area (Å²) in [6, 6.07) is 31.9. The molecule has 3 aromatic carbocycles. The van der Waals surface area contributed by atoms with Gasteiger partial charge in [-0.15, -0.1) is 17.0 Å². The molecule has 0 N–H and O–H groups in total. The van der Waals surface area contributed by atoms with Crippen molar-refractivity contribution in [2.24, 2.45) is 0 Å². The monoisotopic (exact) mass is 444 g/mol. The second-order valence-electron chi connectivity index (χ2n) is 6.31. The van der Waals surface area contributed by atoms with Gasteiger partial charge in [-0.1, -0.05) is 0 Å². The third-order valence-corrected chi connectivity index (χ3v) is 9.77. The van der Waals surface area contributed by atoms with Gasteiger partial charge in [-0.3, -0.25) is 0 Å². The van der Waals surface area contributed by atoms with Gasteiger partial charge in [0.2, 0.25) is 0 Å². The Labute approximate surface area is 172 Å². The van der Waals surface area contributed by atoms with Crippen molar-refractivity contribution in [2.75, 3.05) is 12.8 Å². The second-order valence-corrected chi connectivity index (χ2v) is 10.4. The molecule has 142 valence electrons. The number of hydrogen-bond acceptors (Lipinski definition) is 2. The van der Waals surface area contributed by atoms with Crippen LogP contribution in [0.15, 0.2) is 91.0 Å². The van der Waals surface area contributed by atoms with E-state index in [1.807, 2.05) is 25.1 Å². The molecule has 4 heteroatoms. The Hall–Kier alpha value is -1.96. The molecule has 0 aliphatic heterocycles. The molecule has 0 atom stereocenters. The summed E-state index contributed by atoms with van der Waals surface area (Å²) >= 11 is 0. The molecule has 0 spiro atoms. The minimum absolute atomic E-state index is 0. The van der Waals surface area contributed by atoms with Gasteiger partial charge in [0.05, 0.1) is 0 Å². The van der Waals surface area contributed by atoms with Crippen LogP contribution < -0.4 is 15.9 Å². The Morgan fingerprint density at radius 3 is 1.44 bits per heavy atom. The summed E-state index contributed by atoms with van der Waals surface area (Å²) in [5, 5.41) is 3.96. The van der Waals surface area contributed by atoms with E-state index in [0.29, 0.717) is 13.0 Å². The molecule has 0 saturated carbocycles. The Balaban J connectivity index is 0.00000261. The number of esters is 1. The average molecular weight is 445 g/mol. The van der Waals surface area contributed by atoms with Gasteiger partial charge in [0.25, 0.3) is 0 Å². The van der Waals surface area contributed by atoms with Crippen LogP contribution in [0.4, 0.5) is 0 Å². The molecule has 0 unspecified atom stereocenters. The number of rotatable bonds is 7. The van der Waals surface area contributed by atoms with Gasteiger partial charge in [0.1, 0.15) is 0 Å². The Kier molecular flexibility index (Phi) is 8.22. The molecule has 0 amide bonds. The van der Waals surface area contributed by atoms with Crippen LogP contribution in [-0.4, -0.2) is 18.7 Å². The topological polar surface area (TPSA) is 26.3 Å². The van der Waals surface area contributed by atoms with Crippen LogP contribution >= 0.6 is 24.2 Å². The second kappa shape index (κ2) is 10.4. The van der Waals surface area contributed by atoms with Gasteiger partial charge >= 0.3 is 156 Å². The van der Waals surface area contributed by atoms with Crippen LogP contribution in [0.2, 0.25) is 0 Å². The molecular formula is C23H26BrO2P. The molecule has 3 rings (SSSR count). The van der Waals surface area contributed by atoms with Crippen molar-refractivity contribution in [3.05, 3.63) is 91.0 Å². The molecule has 0 aliphatic rings. The van der Waals surface area contributed by atoms with E-state index >= 15 is 0 Å². The summed E-state index contributed by atoms with van der Waals surface area (Å²) in [6.07, 6.45) is 1.22. The third kappa shape index (κ3) is 4.86. The molecule has 0 aromatic heterocycles. The molecule has 2 nitrogen and oxygen atoms in total. The average Bonchev–Trinajstić information content (AvgIpc) is 2.71. The molecule has 0 heterocycles.